The van der Waals surface area contributed by atoms with Crippen LogP contribution < -0.4 is 4.90 Å². The van der Waals surface area contributed by atoms with Crippen molar-refractivity contribution in [3.8, 4) is 11.1 Å². The molecule has 5 aliphatic rings. The van der Waals surface area contributed by atoms with Crippen molar-refractivity contribution in [3.63, 3.8) is 0 Å². The molecule has 0 saturated heterocycles. The molecule has 4 fully saturated rings. The summed E-state index contributed by atoms with van der Waals surface area (Å²) in [5, 5.41) is 4.17. The van der Waals surface area contributed by atoms with Gasteiger partial charge in [0, 0.05) is 32.5 Å². The van der Waals surface area contributed by atoms with E-state index in [4.69, 9.17) is 18.8 Å². The fourth-order valence-corrected chi connectivity index (χ4v) is 12.0. The Balaban J connectivity index is 1.08. The first-order chi connectivity index (χ1) is 23.8. The van der Waals surface area contributed by atoms with Crippen LogP contribution in [-0.4, -0.2) is 9.97 Å². The largest absolute Gasteiger partial charge is 0.438 e. The SMILES string of the molecule is c1ccc2c(c1)-c1c(N(c3ccc4c(n3)oc3ccccc34)c3ccc4c(n3)oc3ccccc34)cccc1C21C2CC3CC4CC1C342. The Hall–Kier alpha value is -5.42. The summed E-state index contributed by atoms with van der Waals surface area (Å²) in [5.74, 6) is 4.99. The smallest absolute Gasteiger partial charge is 0.229 e. The molecule has 4 saturated carbocycles. The van der Waals surface area contributed by atoms with Gasteiger partial charge in [0.15, 0.2) is 0 Å². The lowest BCUT2D eigenvalue weighted by Crippen LogP contribution is -2.88. The van der Waals surface area contributed by atoms with E-state index in [-0.39, 0.29) is 5.41 Å². The first-order valence-electron chi connectivity index (χ1n) is 17.4. The van der Waals surface area contributed by atoms with Gasteiger partial charge >= 0.3 is 0 Å². The van der Waals surface area contributed by atoms with E-state index in [2.05, 4.69) is 83.8 Å². The molecule has 4 atom stereocenters. The lowest BCUT2D eigenvalue weighted by Gasteiger charge is -2.92. The molecule has 228 valence electrons. The normalized spacial score (nSPS) is 28.3. The lowest BCUT2D eigenvalue weighted by atomic mass is 9.11. The first-order valence-corrected chi connectivity index (χ1v) is 17.4. The van der Waals surface area contributed by atoms with Crippen LogP contribution in [0.5, 0.6) is 0 Å². The van der Waals surface area contributed by atoms with Crippen molar-refractivity contribution in [3.05, 3.63) is 126 Å². The van der Waals surface area contributed by atoms with Crippen molar-refractivity contribution in [1.29, 1.82) is 0 Å². The van der Waals surface area contributed by atoms with Gasteiger partial charge in [-0.2, -0.15) is 9.97 Å². The number of fused-ring (bicyclic) bond motifs is 13. The van der Waals surface area contributed by atoms with E-state index in [9.17, 15) is 0 Å². The molecule has 5 aliphatic carbocycles. The van der Waals surface area contributed by atoms with E-state index in [0.717, 1.165) is 73.7 Å². The molecule has 8 aromatic rings. The van der Waals surface area contributed by atoms with Crippen molar-refractivity contribution in [1.82, 2.24) is 9.97 Å². The summed E-state index contributed by atoms with van der Waals surface area (Å²) in [7, 11) is 0. The molecule has 4 heterocycles. The lowest BCUT2D eigenvalue weighted by molar-refractivity contribution is -0.412. The van der Waals surface area contributed by atoms with Crippen LogP contribution >= 0.6 is 0 Å². The van der Waals surface area contributed by atoms with Crippen LogP contribution in [0.25, 0.3) is 55.3 Å². The molecular formula is C43H29N3O2. The minimum absolute atomic E-state index is 0.118. The van der Waals surface area contributed by atoms with Crippen molar-refractivity contribution in [2.24, 2.45) is 29.1 Å². The molecule has 48 heavy (non-hydrogen) atoms. The van der Waals surface area contributed by atoms with Crippen LogP contribution in [-0.2, 0) is 5.41 Å². The number of para-hydroxylation sites is 2. The second kappa shape index (κ2) is 7.99. The maximum atomic E-state index is 6.34. The van der Waals surface area contributed by atoms with E-state index in [1.807, 2.05) is 36.4 Å². The molecule has 0 radical (unpaired) electrons. The number of nitrogens with zero attached hydrogens (tertiary/aromatic N) is 3. The fourth-order valence-electron chi connectivity index (χ4n) is 12.0. The third kappa shape index (κ3) is 2.50. The van der Waals surface area contributed by atoms with Crippen LogP contribution in [0.1, 0.15) is 30.4 Å². The van der Waals surface area contributed by atoms with Crippen LogP contribution in [0.4, 0.5) is 17.3 Å². The zero-order valence-electron chi connectivity index (χ0n) is 26.1. The molecule has 0 N–H and O–H groups in total. The summed E-state index contributed by atoms with van der Waals surface area (Å²) in [4.78, 5) is 12.7. The molecule has 2 spiro atoms. The maximum absolute atomic E-state index is 6.34. The van der Waals surface area contributed by atoms with Crippen molar-refractivity contribution in [2.75, 3.05) is 4.90 Å². The molecule has 5 heteroatoms. The maximum Gasteiger partial charge on any atom is 0.229 e. The average Bonchev–Trinajstić information content (AvgIpc) is 3.75. The number of anilines is 3. The molecule has 0 amide bonds. The molecule has 4 unspecified atom stereocenters. The zero-order valence-corrected chi connectivity index (χ0v) is 26.1. The van der Waals surface area contributed by atoms with Gasteiger partial charge in [0.1, 0.15) is 22.8 Å². The fraction of sp³-hybridized carbons (Fsp3) is 0.209. The number of hydrogen-bond acceptors (Lipinski definition) is 5. The summed E-state index contributed by atoms with van der Waals surface area (Å²) in [6.45, 7) is 0. The molecular weight excluding hydrogens is 590 g/mol. The zero-order chi connectivity index (χ0) is 30.9. The minimum atomic E-state index is 0.118. The summed E-state index contributed by atoms with van der Waals surface area (Å²) >= 11 is 0. The summed E-state index contributed by atoms with van der Waals surface area (Å²) in [5.41, 5.74) is 10.5. The predicted molar refractivity (Wildman–Crippen MR) is 188 cm³/mol. The minimum Gasteiger partial charge on any atom is -0.438 e. The number of aromatic nitrogens is 2. The molecule has 4 aromatic carbocycles. The summed E-state index contributed by atoms with van der Waals surface area (Å²) in [6, 6.07) is 41.1. The second-order valence-electron chi connectivity index (χ2n) is 14.9. The number of furan rings is 2. The molecule has 5 nitrogen and oxygen atoms in total. The number of hydrogen-bond donors (Lipinski definition) is 0. The van der Waals surface area contributed by atoms with Crippen molar-refractivity contribution < 1.29 is 8.83 Å². The number of rotatable bonds is 3. The Morgan fingerprint density at radius 2 is 1.12 bits per heavy atom. The van der Waals surface area contributed by atoms with Gasteiger partial charge in [0.05, 0.1) is 5.69 Å². The van der Waals surface area contributed by atoms with Crippen molar-refractivity contribution in [2.45, 2.75) is 24.7 Å². The standard InChI is InChI=1S/C43H29N3O2/c1-4-11-30-29(10-1)39-31(43(30)35-21-23-20-24-22-36(43)42(23,24)35)12-7-13-32(39)46(37-18-16-27-25-8-2-5-14-33(25)47-40(27)44-37)38-19-17-28-26-9-3-6-15-34(26)48-41(28)45-38/h1-19,23-24,35-36H,20-22H2. The topological polar surface area (TPSA) is 55.3 Å². The molecule has 0 bridgehead atoms. The summed E-state index contributed by atoms with van der Waals surface area (Å²) in [6.07, 6.45) is 4.23. The highest BCUT2D eigenvalue weighted by molar-refractivity contribution is 6.06. The Morgan fingerprint density at radius 1 is 0.542 bits per heavy atom. The van der Waals surface area contributed by atoms with Gasteiger partial charge in [-0.25, -0.2) is 0 Å². The monoisotopic (exact) mass is 619 g/mol. The van der Waals surface area contributed by atoms with E-state index >= 15 is 0 Å². The second-order valence-corrected chi connectivity index (χ2v) is 14.9. The highest BCUT2D eigenvalue weighted by Gasteiger charge is 2.90. The Labute approximate surface area is 275 Å². The van der Waals surface area contributed by atoms with Gasteiger partial charge in [0.25, 0.3) is 0 Å². The molecule has 13 rings (SSSR count). The number of pyridine rings is 2. The van der Waals surface area contributed by atoms with Gasteiger partial charge in [-0.05, 0) is 108 Å². The van der Waals surface area contributed by atoms with E-state index in [1.165, 1.54) is 36.0 Å². The average molecular weight is 620 g/mol. The van der Waals surface area contributed by atoms with Gasteiger partial charge < -0.3 is 8.83 Å². The highest BCUT2D eigenvalue weighted by atomic mass is 16.3. The quantitative estimate of drug-likeness (QED) is 0.197. The van der Waals surface area contributed by atoms with Gasteiger partial charge in [-0.3, -0.25) is 4.90 Å². The van der Waals surface area contributed by atoms with Gasteiger partial charge in [-0.15, -0.1) is 0 Å². The molecule has 0 aliphatic heterocycles. The predicted octanol–water partition coefficient (Wildman–Crippen LogP) is 10.7. The van der Waals surface area contributed by atoms with Crippen LogP contribution in [0.2, 0.25) is 0 Å². The van der Waals surface area contributed by atoms with Crippen LogP contribution in [0.3, 0.4) is 0 Å². The van der Waals surface area contributed by atoms with Crippen LogP contribution in [0.15, 0.2) is 124 Å². The Morgan fingerprint density at radius 3 is 1.77 bits per heavy atom. The Bertz CT molecular complexity index is 2600. The summed E-state index contributed by atoms with van der Waals surface area (Å²) < 4.78 is 12.7. The molecule has 4 aromatic heterocycles. The van der Waals surface area contributed by atoms with Gasteiger partial charge in [0.2, 0.25) is 11.4 Å². The van der Waals surface area contributed by atoms with Crippen LogP contribution in [0, 0.1) is 29.1 Å². The van der Waals surface area contributed by atoms with E-state index in [0.29, 0.717) is 16.8 Å². The Kier molecular flexibility index (Phi) is 4.11. The van der Waals surface area contributed by atoms with E-state index in [1.54, 1.807) is 5.56 Å². The first kappa shape index (κ1) is 24.7. The third-order valence-electron chi connectivity index (χ3n) is 13.6. The van der Waals surface area contributed by atoms with Crippen molar-refractivity contribution >= 4 is 61.5 Å². The highest BCUT2D eigenvalue weighted by Crippen LogP contribution is 2.95. The van der Waals surface area contributed by atoms with E-state index < -0.39 is 0 Å². The van der Waals surface area contributed by atoms with Gasteiger partial charge in [-0.1, -0.05) is 72.8 Å². The third-order valence-corrected chi connectivity index (χ3v) is 13.6. The number of benzene rings is 4.